The number of alkyl halides is 3. The van der Waals surface area contributed by atoms with Crippen LogP contribution in [0.1, 0.15) is 40.0 Å². The summed E-state index contributed by atoms with van der Waals surface area (Å²) in [5.41, 5.74) is 1.05. The van der Waals surface area contributed by atoms with E-state index in [1.54, 1.807) is 6.92 Å². The maximum absolute atomic E-state index is 12.7. The minimum absolute atomic E-state index is 0.216. The molecule has 0 atom stereocenters. The lowest BCUT2D eigenvalue weighted by atomic mass is 10.2. The molecule has 0 saturated carbocycles. The zero-order valence-electron chi connectivity index (χ0n) is 16.8. The summed E-state index contributed by atoms with van der Waals surface area (Å²) in [6, 6.07) is 12.0. The van der Waals surface area contributed by atoms with Gasteiger partial charge in [0, 0.05) is 18.4 Å². The van der Waals surface area contributed by atoms with Gasteiger partial charge in [0.1, 0.15) is 15.6 Å². The summed E-state index contributed by atoms with van der Waals surface area (Å²) in [6.45, 7) is 2.89. The highest BCUT2D eigenvalue weighted by Crippen LogP contribution is 2.32. The lowest BCUT2D eigenvalue weighted by Gasteiger charge is -2.05. The lowest BCUT2D eigenvalue weighted by Crippen LogP contribution is -2.07. The fourth-order valence-electron chi connectivity index (χ4n) is 2.79. The number of ether oxygens (including phenoxy) is 2. The molecule has 0 bridgehead atoms. The first-order valence-electron chi connectivity index (χ1n) is 9.70. The zero-order valence-corrected chi connectivity index (χ0v) is 17.6. The average Bonchev–Trinajstić information content (AvgIpc) is 3.18. The van der Waals surface area contributed by atoms with Gasteiger partial charge in [-0.15, -0.1) is 11.3 Å². The van der Waals surface area contributed by atoms with Crippen molar-refractivity contribution in [3.8, 4) is 10.6 Å². The Balaban J connectivity index is 1.68. The van der Waals surface area contributed by atoms with Crippen LogP contribution < -0.4 is 0 Å². The van der Waals surface area contributed by atoms with Gasteiger partial charge in [-0.1, -0.05) is 30.3 Å². The van der Waals surface area contributed by atoms with E-state index < -0.39 is 17.8 Å². The van der Waals surface area contributed by atoms with Crippen LogP contribution in [-0.4, -0.2) is 29.2 Å². The Morgan fingerprint density at radius 1 is 1.13 bits per heavy atom. The molecule has 0 unspecified atom stereocenters. The van der Waals surface area contributed by atoms with Gasteiger partial charge in [0.15, 0.2) is 0 Å². The van der Waals surface area contributed by atoms with Crippen molar-refractivity contribution in [2.24, 2.45) is 0 Å². The number of pyridine rings is 1. The third-order valence-electron chi connectivity index (χ3n) is 4.27. The van der Waals surface area contributed by atoms with E-state index in [4.69, 9.17) is 9.47 Å². The van der Waals surface area contributed by atoms with Crippen molar-refractivity contribution in [3.05, 3.63) is 70.5 Å². The van der Waals surface area contributed by atoms with Gasteiger partial charge < -0.3 is 9.47 Å². The number of aromatic nitrogens is 2. The highest BCUT2D eigenvalue weighted by atomic mass is 32.1. The van der Waals surface area contributed by atoms with Gasteiger partial charge in [-0.05, 0) is 37.5 Å². The number of esters is 1. The van der Waals surface area contributed by atoms with Crippen LogP contribution in [0.2, 0.25) is 0 Å². The van der Waals surface area contributed by atoms with Gasteiger partial charge in [-0.2, -0.15) is 13.2 Å². The first-order valence-corrected chi connectivity index (χ1v) is 10.5. The van der Waals surface area contributed by atoms with Crippen molar-refractivity contribution in [2.75, 3.05) is 13.2 Å². The van der Waals surface area contributed by atoms with E-state index in [1.807, 2.05) is 30.3 Å². The molecule has 3 aromatic rings. The molecule has 3 rings (SSSR count). The number of nitrogens with zero attached hydrogens (tertiary/aromatic N) is 2. The van der Waals surface area contributed by atoms with Crippen LogP contribution in [0.4, 0.5) is 13.2 Å². The molecule has 1 aromatic carbocycles. The van der Waals surface area contributed by atoms with Gasteiger partial charge in [0.05, 0.1) is 18.9 Å². The summed E-state index contributed by atoms with van der Waals surface area (Å²) in [6.07, 6.45) is -2.28. The molecule has 0 spiro atoms. The molecule has 5 nitrogen and oxygen atoms in total. The summed E-state index contributed by atoms with van der Waals surface area (Å²) in [4.78, 5) is 20.6. The number of carbonyl (C=O) groups excluding carboxylic acids is 1. The standard InChI is InChI=1S/C22H21F3N2O3S/c1-2-30-21(28)19-17(9-6-12-29-14-15-7-4-3-5-8-15)27-20(31-19)16-10-11-18(26-13-16)22(23,24)25/h3-5,7-8,10-11,13H,2,6,9,12,14H2,1H3. The van der Waals surface area contributed by atoms with E-state index in [9.17, 15) is 18.0 Å². The molecule has 9 heteroatoms. The number of halogens is 3. The van der Waals surface area contributed by atoms with Crippen LogP contribution in [0.3, 0.4) is 0 Å². The predicted molar refractivity (Wildman–Crippen MR) is 111 cm³/mol. The number of benzene rings is 1. The van der Waals surface area contributed by atoms with E-state index in [1.165, 1.54) is 6.07 Å². The molecule has 0 N–H and O–H groups in total. The highest BCUT2D eigenvalue weighted by molar-refractivity contribution is 7.17. The van der Waals surface area contributed by atoms with E-state index in [2.05, 4.69) is 9.97 Å². The molecule has 0 radical (unpaired) electrons. The Kier molecular flexibility index (Phi) is 7.75. The molecule has 31 heavy (non-hydrogen) atoms. The molecule has 2 heterocycles. The Labute approximate surface area is 181 Å². The quantitative estimate of drug-likeness (QED) is 0.316. The first-order chi connectivity index (χ1) is 14.9. The second-order valence-electron chi connectivity index (χ2n) is 6.59. The molecule has 164 valence electrons. The summed E-state index contributed by atoms with van der Waals surface area (Å²) in [5.74, 6) is -0.494. The monoisotopic (exact) mass is 450 g/mol. The summed E-state index contributed by atoms with van der Waals surface area (Å²) in [5, 5.41) is 0.421. The second kappa shape index (κ2) is 10.5. The number of carbonyl (C=O) groups is 1. The normalized spacial score (nSPS) is 11.5. The molecule has 0 aliphatic carbocycles. The van der Waals surface area contributed by atoms with Crippen molar-refractivity contribution >= 4 is 17.3 Å². The second-order valence-corrected chi connectivity index (χ2v) is 7.59. The number of rotatable bonds is 9. The Morgan fingerprint density at radius 2 is 1.90 bits per heavy atom. The van der Waals surface area contributed by atoms with Crippen LogP contribution in [0, 0.1) is 0 Å². The number of aryl methyl sites for hydroxylation is 1. The third-order valence-corrected chi connectivity index (χ3v) is 5.40. The minimum atomic E-state index is -4.51. The van der Waals surface area contributed by atoms with Crippen molar-refractivity contribution < 1.29 is 27.4 Å². The number of hydrogen-bond donors (Lipinski definition) is 0. The van der Waals surface area contributed by atoms with Gasteiger partial charge in [-0.3, -0.25) is 4.98 Å². The molecular weight excluding hydrogens is 429 g/mol. The van der Waals surface area contributed by atoms with Crippen LogP contribution in [0.15, 0.2) is 48.7 Å². The van der Waals surface area contributed by atoms with E-state index >= 15 is 0 Å². The van der Waals surface area contributed by atoms with E-state index in [0.29, 0.717) is 47.2 Å². The maximum Gasteiger partial charge on any atom is 0.433 e. The van der Waals surface area contributed by atoms with Crippen molar-refractivity contribution in [1.82, 2.24) is 9.97 Å². The average molecular weight is 450 g/mol. The molecule has 2 aromatic heterocycles. The van der Waals surface area contributed by atoms with Crippen LogP contribution in [-0.2, 0) is 28.7 Å². The van der Waals surface area contributed by atoms with E-state index in [-0.39, 0.29) is 6.61 Å². The van der Waals surface area contributed by atoms with Gasteiger partial charge in [-0.25, -0.2) is 9.78 Å². The maximum atomic E-state index is 12.7. The Hall–Kier alpha value is -2.78. The van der Waals surface area contributed by atoms with Crippen LogP contribution >= 0.6 is 11.3 Å². The molecule has 0 saturated heterocycles. The van der Waals surface area contributed by atoms with Crippen molar-refractivity contribution in [3.63, 3.8) is 0 Å². The third kappa shape index (κ3) is 6.35. The molecular formula is C22H21F3N2O3S. The summed E-state index contributed by atoms with van der Waals surface area (Å²) < 4.78 is 49.0. The summed E-state index contributed by atoms with van der Waals surface area (Å²) in [7, 11) is 0. The van der Waals surface area contributed by atoms with Gasteiger partial charge >= 0.3 is 12.1 Å². The van der Waals surface area contributed by atoms with Crippen LogP contribution in [0.5, 0.6) is 0 Å². The SMILES string of the molecule is CCOC(=O)c1sc(-c2ccc(C(F)(F)F)nc2)nc1CCCOCc1ccccc1. The lowest BCUT2D eigenvalue weighted by molar-refractivity contribution is -0.141. The topological polar surface area (TPSA) is 61.3 Å². The highest BCUT2D eigenvalue weighted by Gasteiger charge is 2.32. The minimum Gasteiger partial charge on any atom is -0.462 e. The van der Waals surface area contributed by atoms with Gasteiger partial charge in [0.25, 0.3) is 0 Å². The molecule has 0 fully saturated rings. The largest absolute Gasteiger partial charge is 0.462 e. The number of hydrogen-bond acceptors (Lipinski definition) is 6. The summed E-state index contributed by atoms with van der Waals surface area (Å²) >= 11 is 1.09. The Bertz CT molecular complexity index is 989. The van der Waals surface area contributed by atoms with Crippen molar-refractivity contribution in [1.29, 1.82) is 0 Å². The Morgan fingerprint density at radius 3 is 2.55 bits per heavy atom. The zero-order chi connectivity index (χ0) is 22.3. The fraction of sp³-hybridized carbons (Fsp3) is 0.318. The fourth-order valence-corrected chi connectivity index (χ4v) is 3.79. The molecule has 0 aliphatic heterocycles. The first kappa shape index (κ1) is 22.9. The molecule has 0 aliphatic rings. The number of thiazole rings is 1. The van der Waals surface area contributed by atoms with Crippen molar-refractivity contribution in [2.45, 2.75) is 32.5 Å². The smallest absolute Gasteiger partial charge is 0.433 e. The van der Waals surface area contributed by atoms with Gasteiger partial charge in [0.2, 0.25) is 0 Å². The molecule has 0 amide bonds. The predicted octanol–water partition coefficient (Wildman–Crippen LogP) is 5.55. The van der Waals surface area contributed by atoms with Crippen LogP contribution in [0.25, 0.3) is 10.6 Å². The van der Waals surface area contributed by atoms with E-state index in [0.717, 1.165) is 29.2 Å².